The van der Waals surface area contributed by atoms with E-state index >= 15 is 0 Å². The Morgan fingerprint density at radius 1 is 1.14 bits per heavy atom. The van der Waals surface area contributed by atoms with Gasteiger partial charge in [-0.2, -0.15) is 0 Å². The fourth-order valence-corrected chi connectivity index (χ4v) is 2.83. The van der Waals surface area contributed by atoms with Crippen LogP contribution in [0.1, 0.15) is 18.5 Å². The van der Waals surface area contributed by atoms with Crippen molar-refractivity contribution in [3.8, 4) is 0 Å². The molecule has 0 aromatic heterocycles. The maximum atomic E-state index is 11.9. The number of para-hydroxylation sites is 1. The van der Waals surface area contributed by atoms with Crippen molar-refractivity contribution in [3.05, 3.63) is 54.1 Å². The summed E-state index contributed by atoms with van der Waals surface area (Å²) in [5, 5.41) is 5.98. The average Bonchev–Trinajstić information content (AvgIpc) is 2.83. The molecule has 1 atom stereocenters. The Labute approximate surface area is 124 Å². The summed E-state index contributed by atoms with van der Waals surface area (Å²) in [5.41, 5.74) is 4.13. The minimum Gasteiger partial charge on any atom is -0.342 e. The second-order valence-electron chi connectivity index (χ2n) is 5.06. The number of nitrogens with one attached hydrogen (secondary N) is 2. The van der Waals surface area contributed by atoms with Gasteiger partial charge in [-0.3, -0.25) is 4.79 Å². The highest BCUT2D eigenvalue weighted by atomic mass is 16.2. The lowest BCUT2D eigenvalue weighted by molar-refractivity contribution is -0.117. The average molecular weight is 281 g/mol. The lowest BCUT2D eigenvalue weighted by Gasteiger charge is -2.24. The van der Waals surface area contributed by atoms with E-state index in [2.05, 4.69) is 40.7 Å². The topological polar surface area (TPSA) is 44.4 Å². The van der Waals surface area contributed by atoms with Gasteiger partial charge in [0.15, 0.2) is 0 Å². The third kappa shape index (κ3) is 2.38. The summed E-state index contributed by atoms with van der Waals surface area (Å²) in [6, 6.07) is 16.1. The molecule has 1 heterocycles. The molecule has 0 aliphatic carbocycles. The number of likely N-dealkylation sites (N-methyl/N-ethyl adjacent to an activating group) is 1. The minimum atomic E-state index is -0.249. The smallest absolute Gasteiger partial charge is 0.246 e. The van der Waals surface area contributed by atoms with E-state index in [0.29, 0.717) is 0 Å². The van der Waals surface area contributed by atoms with Gasteiger partial charge in [0.2, 0.25) is 5.91 Å². The van der Waals surface area contributed by atoms with Crippen LogP contribution in [0.15, 0.2) is 48.5 Å². The quantitative estimate of drug-likeness (QED) is 0.905. The molecular formula is C17H19N3O. The molecule has 0 fully saturated rings. The number of amides is 1. The third-order valence-electron chi connectivity index (χ3n) is 3.85. The van der Waals surface area contributed by atoms with Gasteiger partial charge in [0, 0.05) is 29.2 Å². The molecule has 21 heavy (non-hydrogen) atoms. The second-order valence-corrected chi connectivity index (χ2v) is 5.06. The lowest BCUT2D eigenvalue weighted by atomic mass is 10.1. The molecule has 4 heteroatoms. The molecule has 4 nitrogen and oxygen atoms in total. The highest BCUT2D eigenvalue weighted by molar-refractivity contribution is 6.03. The molecule has 1 aliphatic rings. The van der Waals surface area contributed by atoms with Gasteiger partial charge in [0.1, 0.15) is 6.04 Å². The van der Waals surface area contributed by atoms with Gasteiger partial charge in [0.05, 0.1) is 0 Å². The van der Waals surface area contributed by atoms with Crippen molar-refractivity contribution in [1.82, 2.24) is 5.32 Å². The molecule has 0 bridgehead atoms. The van der Waals surface area contributed by atoms with Crippen LogP contribution in [0.25, 0.3) is 0 Å². The number of carbonyl (C=O) groups excluding carboxylic acids is 1. The van der Waals surface area contributed by atoms with Crippen LogP contribution >= 0.6 is 0 Å². The highest BCUT2D eigenvalue weighted by Crippen LogP contribution is 2.35. The number of rotatable bonds is 4. The molecule has 0 spiro atoms. The van der Waals surface area contributed by atoms with E-state index < -0.39 is 0 Å². The van der Waals surface area contributed by atoms with Crippen LogP contribution in [-0.4, -0.2) is 19.5 Å². The number of carbonyl (C=O) groups is 1. The van der Waals surface area contributed by atoms with Gasteiger partial charge in [-0.1, -0.05) is 24.3 Å². The number of hydrogen-bond acceptors (Lipinski definition) is 3. The summed E-state index contributed by atoms with van der Waals surface area (Å²) in [6.07, 6.45) is 0. The molecule has 2 N–H and O–H groups in total. The van der Waals surface area contributed by atoms with E-state index in [0.717, 1.165) is 29.2 Å². The fourth-order valence-electron chi connectivity index (χ4n) is 2.83. The summed E-state index contributed by atoms with van der Waals surface area (Å²) < 4.78 is 0. The highest BCUT2D eigenvalue weighted by Gasteiger charge is 2.29. The van der Waals surface area contributed by atoms with Crippen molar-refractivity contribution in [3.63, 3.8) is 0 Å². The molecule has 1 unspecified atom stereocenters. The van der Waals surface area contributed by atoms with E-state index in [9.17, 15) is 4.79 Å². The largest absolute Gasteiger partial charge is 0.342 e. The zero-order chi connectivity index (χ0) is 14.8. The zero-order valence-electron chi connectivity index (χ0n) is 12.3. The maximum Gasteiger partial charge on any atom is 0.246 e. The zero-order valence-corrected chi connectivity index (χ0v) is 12.3. The number of nitrogens with zero attached hydrogens (tertiary/aromatic N) is 1. The molecule has 3 rings (SSSR count). The Hall–Kier alpha value is -2.33. The first-order valence-electron chi connectivity index (χ1n) is 7.19. The van der Waals surface area contributed by atoms with Crippen molar-refractivity contribution in [1.29, 1.82) is 0 Å². The summed E-state index contributed by atoms with van der Waals surface area (Å²) >= 11 is 0. The van der Waals surface area contributed by atoms with E-state index in [4.69, 9.17) is 0 Å². The predicted octanol–water partition coefficient (Wildman–Crippen LogP) is 3.06. The Kier molecular flexibility index (Phi) is 3.62. The van der Waals surface area contributed by atoms with Crippen molar-refractivity contribution >= 4 is 23.0 Å². The van der Waals surface area contributed by atoms with Crippen molar-refractivity contribution in [2.75, 3.05) is 23.8 Å². The Morgan fingerprint density at radius 2 is 1.90 bits per heavy atom. The first-order valence-corrected chi connectivity index (χ1v) is 7.19. The summed E-state index contributed by atoms with van der Waals surface area (Å²) in [6.45, 7) is 2.99. The third-order valence-corrected chi connectivity index (χ3v) is 3.85. The van der Waals surface area contributed by atoms with Gasteiger partial charge >= 0.3 is 0 Å². The molecule has 2 aromatic rings. The van der Waals surface area contributed by atoms with E-state index in [-0.39, 0.29) is 11.9 Å². The first kappa shape index (κ1) is 13.6. The first-order chi connectivity index (χ1) is 10.2. The number of fused-ring (bicyclic) bond motifs is 1. The molecule has 0 saturated heterocycles. The SMILES string of the molecule is CCN(c1ccccc1)c1ccc2c(c1)NC(=O)C2NC. The maximum absolute atomic E-state index is 11.9. The number of anilines is 3. The van der Waals surface area contributed by atoms with Crippen molar-refractivity contribution < 1.29 is 4.79 Å². The number of benzene rings is 2. The molecule has 0 radical (unpaired) electrons. The summed E-state index contributed by atoms with van der Waals surface area (Å²) in [5.74, 6) is 0.00686. The summed E-state index contributed by atoms with van der Waals surface area (Å²) in [4.78, 5) is 14.1. The molecule has 1 aliphatic heterocycles. The van der Waals surface area contributed by atoms with Gasteiger partial charge in [0.25, 0.3) is 0 Å². The Balaban J connectivity index is 1.98. The standard InChI is InChI=1S/C17H19N3O/c1-3-20(12-7-5-4-6-8-12)13-9-10-14-15(11-13)19-17(21)16(14)18-2/h4-11,16,18H,3H2,1-2H3,(H,19,21). The minimum absolute atomic E-state index is 0.00686. The normalized spacial score (nSPS) is 16.5. The Morgan fingerprint density at radius 3 is 2.57 bits per heavy atom. The molecule has 0 saturated carbocycles. The molecule has 2 aromatic carbocycles. The van der Waals surface area contributed by atoms with Crippen LogP contribution in [0, 0.1) is 0 Å². The van der Waals surface area contributed by atoms with Crippen LogP contribution in [0.5, 0.6) is 0 Å². The summed E-state index contributed by atoms with van der Waals surface area (Å²) in [7, 11) is 1.80. The second kappa shape index (κ2) is 5.58. The van der Waals surface area contributed by atoms with Crippen LogP contribution in [0.2, 0.25) is 0 Å². The monoisotopic (exact) mass is 281 g/mol. The van der Waals surface area contributed by atoms with E-state index in [1.165, 1.54) is 0 Å². The van der Waals surface area contributed by atoms with Crippen molar-refractivity contribution in [2.45, 2.75) is 13.0 Å². The molecule has 108 valence electrons. The van der Waals surface area contributed by atoms with Gasteiger partial charge in [-0.15, -0.1) is 0 Å². The molecule has 1 amide bonds. The van der Waals surface area contributed by atoms with E-state index in [1.807, 2.05) is 30.3 Å². The van der Waals surface area contributed by atoms with Gasteiger partial charge < -0.3 is 15.5 Å². The lowest BCUT2D eigenvalue weighted by Crippen LogP contribution is -2.23. The van der Waals surface area contributed by atoms with Crippen LogP contribution in [0.4, 0.5) is 17.1 Å². The van der Waals surface area contributed by atoms with Crippen LogP contribution in [0.3, 0.4) is 0 Å². The van der Waals surface area contributed by atoms with Gasteiger partial charge in [-0.05, 0) is 38.2 Å². The Bertz CT molecular complexity index is 654. The van der Waals surface area contributed by atoms with Crippen LogP contribution in [-0.2, 0) is 4.79 Å². The molecular weight excluding hydrogens is 262 g/mol. The predicted molar refractivity (Wildman–Crippen MR) is 86.0 cm³/mol. The number of hydrogen-bond donors (Lipinski definition) is 2. The van der Waals surface area contributed by atoms with E-state index in [1.54, 1.807) is 7.05 Å². The van der Waals surface area contributed by atoms with Crippen LogP contribution < -0.4 is 15.5 Å². The van der Waals surface area contributed by atoms with Gasteiger partial charge in [-0.25, -0.2) is 0 Å². The van der Waals surface area contributed by atoms with Crippen molar-refractivity contribution in [2.24, 2.45) is 0 Å². The fraction of sp³-hybridized carbons (Fsp3) is 0.235.